The Hall–Kier alpha value is -10.8. The summed E-state index contributed by atoms with van der Waals surface area (Å²) >= 11 is 0. The first-order valence-electron chi connectivity index (χ1n) is 25.2. The van der Waals surface area contributed by atoms with Crippen LogP contribution in [0.4, 0.5) is 0 Å². The van der Waals surface area contributed by atoms with Crippen LogP contribution in [-0.2, 0) is 0 Å². The molecule has 0 unspecified atom stereocenters. The Morgan fingerprint density at radius 3 is 1.18 bits per heavy atom. The molecule has 76 heavy (non-hydrogen) atoms. The molecule has 0 spiro atoms. The van der Waals surface area contributed by atoms with Crippen LogP contribution in [0.2, 0.25) is 0 Å². The van der Waals surface area contributed by atoms with Crippen molar-refractivity contribution in [3.05, 3.63) is 217 Å². The fourth-order valence-electron chi connectivity index (χ4n) is 12.4. The van der Waals surface area contributed by atoms with Gasteiger partial charge in [0.15, 0.2) is 0 Å². The fraction of sp³-hybridized carbons (Fsp3) is 0. The van der Waals surface area contributed by atoms with Gasteiger partial charge >= 0.3 is 0 Å². The predicted octanol–water partition coefficient (Wildman–Crippen LogP) is 18.6. The lowest BCUT2D eigenvalue weighted by Gasteiger charge is -2.19. The standard InChI is InChI=1S/C68H34N4O4/c69-35-41-19-26-57(71-53-24-17-37(39-20-29-62-48(31-39)44-11-3-5-13-58(44)73-62)33-50(53)64-55(71)27-22-46-42-9-1-7-15-60(42)75-67(46)64)66(52(41)36-70)72-54-25-18-38(40-21-30-63-49(32-40)45-12-4-6-14-59(45)74-63)34-51(54)65-56(72)28-23-47-43-10-2-8-16-61(43)76-68(47)65/h1-34H. The molecule has 0 radical (unpaired) electrons. The Kier molecular flexibility index (Phi) is 7.99. The molecule has 0 amide bonds. The van der Waals surface area contributed by atoms with Crippen molar-refractivity contribution in [2.24, 2.45) is 0 Å². The van der Waals surface area contributed by atoms with Gasteiger partial charge < -0.3 is 26.8 Å². The lowest BCUT2D eigenvalue weighted by molar-refractivity contribution is 0.668. The van der Waals surface area contributed by atoms with E-state index in [1.807, 2.05) is 84.9 Å². The van der Waals surface area contributed by atoms with Crippen molar-refractivity contribution in [1.82, 2.24) is 9.13 Å². The van der Waals surface area contributed by atoms with Crippen LogP contribution in [0.5, 0.6) is 0 Å². The molecule has 6 heterocycles. The maximum Gasteiger partial charge on any atom is 0.145 e. The van der Waals surface area contributed by atoms with Crippen molar-refractivity contribution in [3.63, 3.8) is 0 Å². The highest BCUT2D eigenvalue weighted by molar-refractivity contribution is 6.26. The molecule has 0 aliphatic carbocycles. The number of fused-ring (bicyclic) bond motifs is 20. The summed E-state index contributed by atoms with van der Waals surface area (Å²) in [7, 11) is 0. The van der Waals surface area contributed by atoms with Crippen LogP contribution >= 0.6 is 0 Å². The second-order valence-corrected chi connectivity index (χ2v) is 19.7. The van der Waals surface area contributed by atoms with E-state index < -0.39 is 0 Å². The van der Waals surface area contributed by atoms with Gasteiger partial charge in [0.25, 0.3) is 0 Å². The Labute approximate surface area is 429 Å². The molecule has 0 N–H and O–H groups in total. The SMILES string of the molecule is N#Cc1ccc(-n2c3ccc(-c4ccc5oc6ccccc6c5c4)cc3c3c4oc5ccccc5c4ccc32)c(-n2c3ccc(-c4ccc5oc6ccccc6c5c4)cc3c3c4oc5ccccc5c4ccc32)c1C#N. The number of rotatable bonds is 4. The lowest BCUT2D eigenvalue weighted by Crippen LogP contribution is -2.07. The first kappa shape index (κ1) is 40.8. The minimum absolute atomic E-state index is 0.252. The average molecular weight is 971 g/mol. The van der Waals surface area contributed by atoms with Gasteiger partial charge in [-0.2, -0.15) is 10.5 Å². The van der Waals surface area contributed by atoms with Gasteiger partial charge in [0.1, 0.15) is 56.8 Å². The first-order valence-corrected chi connectivity index (χ1v) is 25.2. The third kappa shape index (κ3) is 5.43. The average Bonchev–Trinajstić information content (AvgIpc) is 4.42. The molecule has 0 saturated heterocycles. The van der Waals surface area contributed by atoms with E-state index in [0.717, 1.165) is 159 Å². The van der Waals surface area contributed by atoms with Crippen LogP contribution in [0.15, 0.2) is 224 Å². The summed E-state index contributed by atoms with van der Waals surface area (Å²) in [5.41, 5.74) is 15.8. The van der Waals surface area contributed by atoms with Crippen LogP contribution in [0, 0.1) is 22.7 Å². The third-order valence-electron chi connectivity index (χ3n) is 15.8. The van der Waals surface area contributed by atoms with Crippen LogP contribution in [0.25, 0.3) is 165 Å². The molecule has 17 aromatic rings. The Bertz CT molecular complexity index is 5520. The molecule has 350 valence electrons. The largest absolute Gasteiger partial charge is 0.456 e. The fourth-order valence-corrected chi connectivity index (χ4v) is 12.4. The van der Waals surface area contributed by atoms with Gasteiger partial charge in [0.05, 0.1) is 55.3 Å². The molecule has 0 aliphatic heterocycles. The van der Waals surface area contributed by atoms with E-state index in [2.05, 4.69) is 137 Å². The number of hydrogen-bond acceptors (Lipinski definition) is 6. The number of benzene rings is 11. The Balaban J connectivity index is 0.975. The van der Waals surface area contributed by atoms with E-state index in [1.54, 1.807) is 6.07 Å². The molecule has 0 fully saturated rings. The van der Waals surface area contributed by atoms with Gasteiger partial charge in [-0.3, -0.25) is 0 Å². The molecule has 8 heteroatoms. The van der Waals surface area contributed by atoms with Crippen molar-refractivity contribution in [1.29, 1.82) is 10.5 Å². The zero-order valence-electron chi connectivity index (χ0n) is 40.1. The van der Waals surface area contributed by atoms with E-state index in [9.17, 15) is 10.5 Å². The monoisotopic (exact) mass is 970 g/mol. The zero-order chi connectivity index (χ0) is 49.9. The smallest absolute Gasteiger partial charge is 0.145 e. The molecule has 0 bridgehead atoms. The number of nitriles is 2. The van der Waals surface area contributed by atoms with E-state index >= 15 is 0 Å². The summed E-state index contributed by atoms with van der Waals surface area (Å²) in [5, 5.41) is 34.3. The Morgan fingerprint density at radius 2 is 0.697 bits per heavy atom. The summed E-state index contributed by atoms with van der Waals surface area (Å²) in [6, 6.07) is 75.6. The molecule has 0 aliphatic rings. The summed E-state index contributed by atoms with van der Waals surface area (Å²) in [6.07, 6.45) is 0. The number of hydrogen-bond donors (Lipinski definition) is 0. The molecule has 8 nitrogen and oxygen atoms in total. The van der Waals surface area contributed by atoms with Gasteiger partial charge in [-0.05, 0) is 131 Å². The van der Waals surface area contributed by atoms with Gasteiger partial charge in [0.2, 0.25) is 0 Å². The van der Waals surface area contributed by atoms with E-state index in [0.29, 0.717) is 5.69 Å². The maximum atomic E-state index is 11.5. The first-order chi connectivity index (χ1) is 37.6. The number of furan rings is 4. The van der Waals surface area contributed by atoms with E-state index in [4.69, 9.17) is 17.7 Å². The topological polar surface area (TPSA) is 110 Å². The molecule has 0 atom stereocenters. The van der Waals surface area contributed by atoms with Crippen LogP contribution < -0.4 is 0 Å². The van der Waals surface area contributed by atoms with Gasteiger partial charge in [-0.25, -0.2) is 0 Å². The molecular formula is C68H34N4O4. The second-order valence-electron chi connectivity index (χ2n) is 19.7. The van der Waals surface area contributed by atoms with Gasteiger partial charge in [-0.1, -0.05) is 97.1 Å². The highest BCUT2D eigenvalue weighted by Crippen LogP contribution is 2.47. The van der Waals surface area contributed by atoms with Crippen LogP contribution in [0.1, 0.15) is 11.1 Å². The normalized spacial score (nSPS) is 12.2. The highest BCUT2D eigenvalue weighted by Gasteiger charge is 2.28. The quantitative estimate of drug-likeness (QED) is 0.174. The zero-order valence-corrected chi connectivity index (χ0v) is 40.1. The van der Waals surface area contributed by atoms with Crippen molar-refractivity contribution in [2.75, 3.05) is 0 Å². The van der Waals surface area contributed by atoms with Gasteiger partial charge in [0, 0.05) is 53.9 Å². The van der Waals surface area contributed by atoms with Gasteiger partial charge in [-0.15, -0.1) is 0 Å². The predicted molar refractivity (Wildman–Crippen MR) is 305 cm³/mol. The minimum Gasteiger partial charge on any atom is -0.456 e. The highest BCUT2D eigenvalue weighted by atomic mass is 16.3. The summed E-state index contributed by atoms with van der Waals surface area (Å²) < 4.78 is 30.6. The third-order valence-corrected chi connectivity index (χ3v) is 15.8. The molecular weight excluding hydrogens is 937 g/mol. The van der Waals surface area contributed by atoms with Crippen molar-refractivity contribution in [3.8, 4) is 45.8 Å². The molecule has 0 saturated carbocycles. The molecule has 11 aromatic carbocycles. The number of aromatic nitrogens is 2. The molecule has 17 rings (SSSR count). The van der Waals surface area contributed by atoms with E-state index in [1.165, 1.54) is 0 Å². The minimum atomic E-state index is 0.252. The van der Waals surface area contributed by atoms with E-state index in [-0.39, 0.29) is 11.1 Å². The number of para-hydroxylation sites is 4. The summed E-state index contributed by atoms with van der Waals surface area (Å²) in [4.78, 5) is 0. The van der Waals surface area contributed by atoms with Crippen molar-refractivity contribution >= 4 is 131 Å². The molecule has 6 aromatic heterocycles. The van der Waals surface area contributed by atoms with Crippen molar-refractivity contribution in [2.45, 2.75) is 0 Å². The number of nitrogens with zero attached hydrogens (tertiary/aromatic N) is 4. The lowest BCUT2D eigenvalue weighted by atomic mass is 10.00. The Morgan fingerprint density at radius 1 is 0.303 bits per heavy atom. The van der Waals surface area contributed by atoms with Crippen molar-refractivity contribution < 1.29 is 17.7 Å². The second kappa shape index (κ2) is 14.9. The summed E-state index contributed by atoms with van der Waals surface area (Å²) in [6.45, 7) is 0. The summed E-state index contributed by atoms with van der Waals surface area (Å²) in [5.74, 6) is 0. The van der Waals surface area contributed by atoms with Crippen LogP contribution in [-0.4, -0.2) is 9.13 Å². The van der Waals surface area contributed by atoms with Crippen LogP contribution in [0.3, 0.4) is 0 Å². The maximum absolute atomic E-state index is 11.5.